The topological polar surface area (TPSA) is 57.9 Å². The third-order valence-electron chi connectivity index (χ3n) is 1.59. The summed E-state index contributed by atoms with van der Waals surface area (Å²) in [5.41, 5.74) is -0.778. The fraction of sp³-hybridized carbons (Fsp3) is 0. The van der Waals surface area contributed by atoms with Crippen LogP contribution in [0.4, 0.5) is 4.39 Å². The van der Waals surface area contributed by atoms with Crippen LogP contribution >= 0.6 is 11.6 Å². The normalized spacial score (nSPS) is 9.21. The summed E-state index contributed by atoms with van der Waals surface area (Å²) in [6.07, 6.45) is 0.187. The van der Waals surface area contributed by atoms with Crippen molar-refractivity contribution in [2.24, 2.45) is 0 Å². The first-order chi connectivity index (χ1) is 6.60. The molecule has 0 bridgehead atoms. The first-order valence-corrected chi connectivity index (χ1v) is 3.86. The Morgan fingerprint density at radius 2 is 2.21 bits per heavy atom. The Labute approximate surface area is 83.7 Å². The van der Waals surface area contributed by atoms with Gasteiger partial charge in [-0.1, -0.05) is 0 Å². The van der Waals surface area contributed by atoms with Crippen molar-refractivity contribution in [1.82, 2.24) is 0 Å². The van der Waals surface area contributed by atoms with E-state index in [1.54, 1.807) is 6.07 Å². The number of hydrogen-bond acceptors (Lipinski definition) is 3. The van der Waals surface area contributed by atoms with Crippen LogP contribution in [0.15, 0.2) is 12.1 Å². The predicted octanol–water partition coefficient (Wildman–Crippen LogP) is 1.89. The lowest BCUT2D eigenvalue weighted by Crippen LogP contribution is -2.01. The van der Waals surface area contributed by atoms with Gasteiger partial charge in [-0.3, -0.25) is 9.59 Å². The van der Waals surface area contributed by atoms with Crippen LogP contribution in [0.3, 0.4) is 0 Å². The summed E-state index contributed by atoms with van der Waals surface area (Å²) in [5.74, 6) is -0.928. The van der Waals surface area contributed by atoms with Crippen molar-refractivity contribution >= 4 is 23.1 Å². The SMILES string of the molecule is N#Cc1cc(F)c(C=O)c(C(=O)Cl)c1. The van der Waals surface area contributed by atoms with Gasteiger partial charge in [0.05, 0.1) is 17.2 Å². The number of hydrogen-bond donors (Lipinski definition) is 0. The molecule has 0 heterocycles. The first-order valence-electron chi connectivity index (χ1n) is 3.48. The van der Waals surface area contributed by atoms with Crippen LogP contribution < -0.4 is 0 Å². The van der Waals surface area contributed by atoms with Gasteiger partial charge in [-0.25, -0.2) is 4.39 Å². The van der Waals surface area contributed by atoms with E-state index in [2.05, 4.69) is 0 Å². The molecule has 1 rings (SSSR count). The van der Waals surface area contributed by atoms with Crippen molar-refractivity contribution in [1.29, 1.82) is 5.26 Å². The van der Waals surface area contributed by atoms with E-state index in [0.717, 1.165) is 12.1 Å². The molecule has 0 radical (unpaired) electrons. The number of nitrogens with zero attached hydrogens (tertiary/aromatic N) is 1. The fourth-order valence-corrected chi connectivity index (χ4v) is 1.12. The zero-order chi connectivity index (χ0) is 10.7. The number of aldehydes is 1. The van der Waals surface area contributed by atoms with Crippen LogP contribution in [0.1, 0.15) is 26.3 Å². The van der Waals surface area contributed by atoms with Crippen molar-refractivity contribution in [3.05, 3.63) is 34.6 Å². The highest BCUT2D eigenvalue weighted by Crippen LogP contribution is 2.16. The molecular formula is C9H3ClFNO2. The van der Waals surface area contributed by atoms with E-state index < -0.39 is 16.6 Å². The van der Waals surface area contributed by atoms with E-state index in [1.807, 2.05) is 0 Å². The van der Waals surface area contributed by atoms with Gasteiger partial charge in [0.25, 0.3) is 5.24 Å². The number of nitriles is 1. The highest BCUT2D eigenvalue weighted by Gasteiger charge is 2.14. The summed E-state index contributed by atoms with van der Waals surface area (Å²) in [7, 11) is 0. The molecule has 3 nitrogen and oxygen atoms in total. The molecule has 0 spiro atoms. The summed E-state index contributed by atoms with van der Waals surface area (Å²) in [5, 5.41) is 7.50. The molecule has 70 valence electrons. The molecule has 0 amide bonds. The highest BCUT2D eigenvalue weighted by atomic mass is 35.5. The Kier molecular flexibility index (Phi) is 2.95. The fourth-order valence-electron chi connectivity index (χ4n) is 0.965. The summed E-state index contributed by atoms with van der Waals surface area (Å²) >= 11 is 5.11. The molecule has 0 aromatic heterocycles. The summed E-state index contributed by atoms with van der Waals surface area (Å²) in [4.78, 5) is 21.2. The van der Waals surface area contributed by atoms with Gasteiger partial charge in [-0.05, 0) is 23.7 Å². The number of carbonyl (C=O) groups is 2. The molecule has 0 atom stereocenters. The maximum atomic E-state index is 13.1. The molecule has 0 aliphatic rings. The van der Waals surface area contributed by atoms with Crippen molar-refractivity contribution in [3.63, 3.8) is 0 Å². The van der Waals surface area contributed by atoms with E-state index in [9.17, 15) is 14.0 Å². The Morgan fingerprint density at radius 3 is 2.64 bits per heavy atom. The molecule has 0 fully saturated rings. The van der Waals surface area contributed by atoms with E-state index in [1.165, 1.54) is 0 Å². The molecule has 14 heavy (non-hydrogen) atoms. The summed E-state index contributed by atoms with van der Waals surface area (Å²) < 4.78 is 13.1. The molecule has 0 aliphatic heterocycles. The zero-order valence-corrected chi connectivity index (χ0v) is 7.51. The second-order valence-electron chi connectivity index (χ2n) is 2.42. The lowest BCUT2D eigenvalue weighted by molar-refractivity contribution is 0.106. The minimum absolute atomic E-state index is 0.0582. The minimum atomic E-state index is -0.969. The lowest BCUT2D eigenvalue weighted by atomic mass is 10.1. The van der Waals surface area contributed by atoms with Gasteiger partial charge >= 0.3 is 0 Å². The standard InChI is InChI=1S/C9H3ClFNO2/c10-9(14)6-1-5(3-12)2-8(11)7(6)4-13/h1-2,4H. The van der Waals surface area contributed by atoms with E-state index in [0.29, 0.717) is 0 Å². The smallest absolute Gasteiger partial charge is 0.253 e. The van der Waals surface area contributed by atoms with Crippen molar-refractivity contribution in [2.45, 2.75) is 0 Å². The molecule has 0 N–H and O–H groups in total. The van der Waals surface area contributed by atoms with Crippen LogP contribution in [-0.4, -0.2) is 11.5 Å². The van der Waals surface area contributed by atoms with Gasteiger partial charge in [0.15, 0.2) is 6.29 Å². The summed E-state index contributed by atoms with van der Waals surface area (Å²) in [6, 6.07) is 3.59. The van der Waals surface area contributed by atoms with Gasteiger partial charge in [0, 0.05) is 5.56 Å². The molecular weight excluding hydrogens is 209 g/mol. The van der Waals surface area contributed by atoms with Gasteiger partial charge in [0.1, 0.15) is 5.82 Å². The van der Waals surface area contributed by atoms with E-state index >= 15 is 0 Å². The maximum absolute atomic E-state index is 13.1. The molecule has 1 aromatic rings. The molecule has 0 saturated carbocycles. The largest absolute Gasteiger partial charge is 0.298 e. The average Bonchev–Trinajstić information content (AvgIpc) is 2.16. The van der Waals surface area contributed by atoms with Crippen LogP contribution in [0.2, 0.25) is 0 Å². The van der Waals surface area contributed by atoms with Gasteiger partial charge in [-0.15, -0.1) is 0 Å². The van der Waals surface area contributed by atoms with Gasteiger partial charge in [0.2, 0.25) is 0 Å². The molecule has 1 aromatic carbocycles. The molecule has 0 saturated heterocycles. The van der Waals surface area contributed by atoms with Crippen LogP contribution in [0.25, 0.3) is 0 Å². The number of benzene rings is 1. The monoisotopic (exact) mass is 211 g/mol. The lowest BCUT2D eigenvalue weighted by Gasteiger charge is -2.00. The maximum Gasteiger partial charge on any atom is 0.253 e. The summed E-state index contributed by atoms with van der Waals surface area (Å²) in [6.45, 7) is 0. The van der Waals surface area contributed by atoms with Gasteiger partial charge < -0.3 is 0 Å². The average molecular weight is 212 g/mol. The third kappa shape index (κ3) is 1.78. The predicted molar refractivity (Wildman–Crippen MR) is 46.7 cm³/mol. The zero-order valence-electron chi connectivity index (χ0n) is 6.75. The Morgan fingerprint density at radius 1 is 1.57 bits per heavy atom. The second-order valence-corrected chi connectivity index (χ2v) is 2.77. The third-order valence-corrected chi connectivity index (χ3v) is 1.79. The Hall–Kier alpha value is -1.73. The number of carbonyl (C=O) groups excluding carboxylic acids is 2. The van der Waals surface area contributed by atoms with Crippen molar-refractivity contribution in [3.8, 4) is 6.07 Å². The Balaban J connectivity index is 3.53. The minimum Gasteiger partial charge on any atom is -0.298 e. The molecule has 0 aliphatic carbocycles. The second kappa shape index (κ2) is 3.99. The Bertz CT molecular complexity index is 451. The quantitative estimate of drug-likeness (QED) is 0.554. The number of rotatable bonds is 2. The van der Waals surface area contributed by atoms with E-state index in [4.69, 9.17) is 16.9 Å². The first kappa shape index (κ1) is 10.4. The van der Waals surface area contributed by atoms with Crippen molar-refractivity contribution in [2.75, 3.05) is 0 Å². The molecule has 5 heteroatoms. The van der Waals surface area contributed by atoms with Gasteiger partial charge in [-0.2, -0.15) is 5.26 Å². The van der Waals surface area contributed by atoms with Crippen molar-refractivity contribution < 1.29 is 14.0 Å². The number of halogens is 2. The van der Waals surface area contributed by atoms with Crippen LogP contribution in [-0.2, 0) is 0 Å². The van der Waals surface area contributed by atoms with Crippen LogP contribution in [0, 0.1) is 17.1 Å². The molecule has 0 unspecified atom stereocenters. The van der Waals surface area contributed by atoms with E-state index in [-0.39, 0.29) is 17.4 Å². The van der Waals surface area contributed by atoms with Crippen LogP contribution in [0.5, 0.6) is 0 Å². The highest BCUT2D eigenvalue weighted by molar-refractivity contribution is 6.68.